The Hall–Kier alpha value is -1.86. The zero-order chi connectivity index (χ0) is 17.3. The predicted octanol–water partition coefficient (Wildman–Crippen LogP) is 3.23. The van der Waals surface area contributed by atoms with E-state index in [0.717, 1.165) is 18.2 Å². The summed E-state index contributed by atoms with van der Waals surface area (Å²) in [4.78, 5) is 2.01. The van der Waals surface area contributed by atoms with Crippen LogP contribution in [0.4, 0.5) is 13.2 Å². The van der Waals surface area contributed by atoms with Crippen molar-refractivity contribution in [2.24, 2.45) is 0 Å². The quantitative estimate of drug-likeness (QED) is 0.930. The molecule has 1 aliphatic rings. The number of alkyl halides is 3. The highest BCUT2D eigenvalue weighted by Gasteiger charge is 2.35. The Morgan fingerprint density at radius 1 is 1.33 bits per heavy atom. The molecule has 7 heteroatoms. The van der Waals surface area contributed by atoms with E-state index in [1.807, 2.05) is 18.0 Å². The molecule has 130 valence electrons. The molecule has 2 unspecified atom stereocenters. The zero-order valence-electron chi connectivity index (χ0n) is 13.4. The van der Waals surface area contributed by atoms with Gasteiger partial charge in [-0.3, -0.25) is 9.58 Å². The minimum atomic E-state index is -4.36. The standard InChI is InChI=1S/C17H20F3N3O/c1-2-23-10-12(8-21-23)9-22-11-15(24)7-16(22)13-4-3-5-14(6-13)17(18,19)20/h3-6,8,10,15-16,24H,2,7,9,11H2,1H3. The maximum absolute atomic E-state index is 12.9. The van der Waals surface area contributed by atoms with Gasteiger partial charge in [-0.2, -0.15) is 18.3 Å². The van der Waals surface area contributed by atoms with Gasteiger partial charge in [0.15, 0.2) is 0 Å². The van der Waals surface area contributed by atoms with Gasteiger partial charge < -0.3 is 5.11 Å². The molecule has 0 aliphatic carbocycles. The summed E-state index contributed by atoms with van der Waals surface area (Å²) in [5.41, 5.74) is 0.923. The van der Waals surface area contributed by atoms with Crippen LogP contribution in [-0.2, 0) is 19.3 Å². The second kappa shape index (κ2) is 6.57. The molecular formula is C17H20F3N3O. The molecule has 0 amide bonds. The van der Waals surface area contributed by atoms with E-state index in [1.165, 1.54) is 12.1 Å². The van der Waals surface area contributed by atoms with Crippen molar-refractivity contribution in [3.8, 4) is 0 Å². The highest BCUT2D eigenvalue weighted by Crippen LogP contribution is 2.36. The molecule has 1 N–H and O–H groups in total. The fraction of sp³-hybridized carbons (Fsp3) is 0.471. The molecule has 1 aliphatic heterocycles. The first-order chi connectivity index (χ1) is 11.4. The highest BCUT2D eigenvalue weighted by molar-refractivity contribution is 5.29. The summed E-state index contributed by atoms with van der Waals surface area (Å²) in [6, 6.07) is 5.15. The van der Waals surface area contributed by atoms with Crippen LogP contribution in [0.3, 0.4) is 0 Å². The van der Waals surface area contributed by atoms with Crippen molar-refractivity contribution in [1.82, 2.24) is 14.7 Å². The van der Waals surface area contributed by atoms with Crippen LogP contribution in [0.5, 0.6) is 0 Å². The smallest absolute Gasteiger partial charge is 0.392 e. The lowest BCUT2D eigenvalue weighted by Gasteiger charge is -2.24. The maximum Gasteiger partial charge on any atom is 0.416 e. The van der Waals surface area contributed by atoms with Crippen LogP contribution in [-0.4, -0.2) is 32.4 Å². The molecule has 0 spiro atoms. The van der Waals surface area contributed by atoms with Crippen LogP contribution in [0.1, 0.15) is 36.1 Å². The molecule has 2 atom stereocenters. The number of aliphatic hydroxyl groups excluding tert-OH is 1. The van der Waals surface area contributed by atoms with Gasteiger partial charge in [0.1, 0.15) is 0 Å². The van der Waals surface area contributed by atoms with E-state index in [2.05, 4.69) is 5.10 Å². The van der Waals surface area contributed by atoms with Gasteiger partial charge in [-0.25, -0.2) is 0 Å². The summed E-state index contributed by atoms with van der Waals surface area (Å²) in [6.07, 6.45) is -0.778. The third kappa shape index (κ3) is 3.62. The van der Waals surface area contributed by atoms with Gasteiger partial charge in [0.25, 0.3) is 0 Å². The number of aryl methyl sites for hydroxylation is 1. The third-order valence-corrected chi connectivity index (χ3v) is 4.38. The molecule has 2 heterocycles. The van der Waals surface area contributed by atoms with Crippen molar-refractivity contribution in [3.05, 3.63) is 53.3 Å². The Labute approximate surface area is 138 Å². The minimum Gasteiger partial charge on any atom is -0.392 e. The lowest BCUT2D eigenvalue weighted by molar-refractivity contribution is -0.137. The molecule has 4 nitrogen and oxygen atoms in total. The number of likely N-dealkylation sites (tertiary alicyclic amines) is 1. The normalized spacial score (nSPS) is 22.2. The third-order valence-electron chi connectivity index (χ3n) is 4.38. The van der Waals surface area contributed by atoms with Crippen LogP contribution >= 0.6 is 0 Å². The van der Waals surface area contributed by atoms with Crippen molar-refractivity contribution in [2.75, 3.05) is 6.54 Å². The number of aromatic nitrogens is 2. The Balaban J connectivity index is 1.82. The van der Waals surface area contributed by atoms with E-state index in [0.29, 0.717) is 25.1 Å². The van der Waals surface area contributed by atoms with E-state index in [1.54, 1.807) is 16.9 Å². The summed E-state index contributed by atoms with van der Waals surface area (Å²) in [7, 11) is 0. The van der Waals surface area contributed by atoms with Gasteiger partial charge in [0, 0.05) is 37.4 Å². The summed E-state index contributed by atoms with van der Waals surface area (Å²) in [5, 5.41) is 14.2. The van der Waals surface area contributed by atoms with Crippen molar-refractivity contribution in [3.63, 3.8) is 0 Å². The molecular weight excluding hydrogens is 319 g/mol. The van der Waals surface area contributed by atoms with E-state index < -0.39 is 17.8 Å². The Kier molecular flexibility index (Phi) is 4.64. The van der Waals surface area contributed by atoms with Gasteiger partial charge in [0.2, 0.25) is 0 Å². The maximum atomic E-state index is 12.9. The number of aliphatic hydroxyl groups is 1. The van der Waals surface area contributed by atoms with Crippen molar-refractivity contribution in [2.45, 2.75) is 44.8 Å². The number of rotatable bonds is 4. The minimum absolute atomic E-state index is 0.229. The van der Waals surface area contributed by atoms with Crippen LogP contribution in [0.2, 0.25) is 0 Å². The first-order valence-electron chi connectivity index (χ1n) is 7.97. The van der Waals surface area contributed by atoms with Gasteiger partial charge in [-0.05, 0) is 31.0 Å². The van der Waals surface area contributed by atoms with Gasteiger partial charge in [0.05, 0.1) is 17.9 Å². The molecule has 24 heavy (non-hydrogen) atoms. The summed E-state index contributed by atoms with van der Waals surface area (Å²) in [5.74, 6) is 0. The van der Waals surface area contributed by atoms with E-state index >= 15 is 0 Å². The first kappa shape index (κ1) is 17.0. The van der Waals surface area contributed by atoms with Gasteiger partial charge in [-0.1, -0.05) is 12.1 Å². The fourth-order valence-electron chi connectivity index (χ4n) is 3.22. The Bertz CT molecular complexity index is 698. The Morgan fingerprint density at radius 3 is 2.79 bits per heavy atom. The summed E-state index contributed by atoms with van der Waals surface area (Å²) < 4.78 is 40.6. The van der Waals surface area contributed by atoms with Crippen LogP contribution in [0.25, 0.3) is 0 Å². The molecule has 0 bridgehead atoms. The van der Waals surface area contributed by atoms with Crippen molar-refractivity contribution < 1.29 is 18.3 Å². The molecule has 1 saturated heterocycles. The molecule has 2 aromatic rings. The lowest BCUT2D eigenvalue weighted by Crippen LogP contribution is -2.24. The molecule has 0 saturated carbocycles. The largest absolute Gasteiger partial charge is 0.416 e. The first-order valence-corrected chi connectivity index (χ1v) is 7.97. The number of nitrogens with zero attached hydrogens (tertiary/aromatic N) is 3. The lowest BCUT2D eigenvalue weighted by atomic mass is 10.0. The number of benzene rings is 1. The number of hydrogen-bond acceptors (Lipinski definition) is 3. The summed E-state index contributed by atoms with van der Waals surface area (Å²) >= 11 is 0. The fourth-order valence-corrected chi connectivity index (χ4v) is 3.22. The molecule has 1 aromatic heterocycles. The van der Waals surface area contributed by atoms with Crippen LogP contribution in [0.15, 0.2) is 36.7 Å². The number of halogens is 3. The molecule has 3 rings (SSSR count). The topological polar surface area (TPSA) is 41.3 Å². The molecule has 0 radical (unpaired) electrons. The number of β-amino-alcohol motifs (C(OH)–C–C–N with tert-alkyl or cyclic N) is 1. The molecule has 1 aromatic carbocycles. The SMILES string of the molecule is CCn1cc(CN2CC(O)CC2c2cccc(C(F)(F)F)c2)cn1. The van der Waals surface area contributed by atoms with E-state index in [4.69, 9.17) is 0 Å². The summed E-state index contributed by atoms with van der Waals surface area (Å²) in [6.45, 7) is 3.75. The second-order valence-corrected chi connectivity index (χ2v) is 6.16. The van der Waals surface area contributed by atoms with Gasteiger partial charge in [-0.15, -0.1) is 0 Å². The second-order valence-electron chi connectivity index (χ2n) is 6.16. The predicted molar refractivity (Wildman–Crippen MR) is 83.1 cm³/mol. The molecule has 1 fully saturated rings. The number of hydrogen-bond donors (Lipinski definition) is 1. The highest BCUT2D eigenvalue weighted by atomic mass is 19.4. The van der Waals surface area contributed by atoms with Crippen LogP contribution < -0.4 is 0 Å². The van der Waals surface area contributed by atoms with Gasteiger partial charge >= 0.3 is 6.18 Å². The van der Waals surface area contributed by atoms with Crippen molar-refractivity contribution in [1.29, 1.82) is 0 Å². The van der Waals surface area contributed by atoms with E-state index in [-0.39, 0.29) is 6.04 Å². The monoisotopic (exact) mass is 339 g/mol. The Morgan fingerprint density at radius 2 is 2.12 bits per heavy atom. The van der Waals surface area contributed by atoms with Crippen LogP contribution in [0, 0.1) is 0 Å². The van der Waals surface area contributed by atoms with Crippen molar-refractivity contribution >= 4 is 0 Å². The zero-order valence-corrected chi connectivity index (χ0v) is 13.4. The van der Waals surface area contributed by atoms with E-state index in [9.17, 15) is 18.3 Å². The average Bonchev–Trinajstić information content (AvgIpc) is 3.13. The average molecular weight is 339 g/mol.